The molecule has 2 atom stereocenters. The maximum Gasteiger partial charge on any atom is 0.0599 e. The zero-order valence-corrected chi connectivity index (χ0v) is 14.4. The third-order valence-electron chi connectivity index (χ3n) is 5.62. The van der Waals surface area contributed by atoms with Gasteiger partial charge in [0, 0.05) is 31.8 Å². The second kappa shape index (κ2) is 7.94. The van der Waals surface area contributed by atoms with Gasteiger partial charge in [-0.15, -0.1) is 0 Å². The van der Waals surface area contributed by atoms with Crippen molar-refractivity contribution in [3.05, 3.63) is 0 Å². The quantitative estimate of drug-likeness (QED) is 0.816. The van der Waals surface area contributed by atoms with Crippen molar-refractivity contribution in [2.45, 2.75) is 77.4 Å². The van der Waals surface area contributed by atoms with Gasteiger partial charge in [0.05, 0.1) is 6.10 Å². The predicted octanol–water partition coefficient (Wildman–Crippen LogP) is 3.42. The van der Waals surface area contributed by atoms with E-state index >= 15 is 0 Å². The highest BCUT2D eigenvalue weighted by Gasteiger charge is 2.41. The highest BCUT2D eigenvalue weighted by atomic mass is 16.5. The topological polar surface area (TPSA) is 38.5 Å². The molecule has 1 saturated carbocycles. The molecule has 0 bridgehead atoms. The van der Waals surface area contributed by atoms with Gasteiger partial charge in [-0.2, -0.15) is 0 Å². The molecule has 2 aliphatic rings. The van der Waals surface area contributed by atoms with Crippen LogP contribution in [0.15, 0.2) is 0 Å². The lowest BCUT2D eigenvalue weighted by Gasteiger charge is -2.50. The fraction of sp³-hybridized carbons (Fsp3) is 1.00. The third-order valence-corrected chi connectivity index (χ3v) is 5.62. The number of ether oxygens (including phenoxy) is 1. The second-order valence-corrected chi connectivity index (χ2v) is 7.66. The Labute approximate surface area is 131 Å². The SMILES string of the molecule is CCOC1CCN(C2(CN)CCCC(CC(C)C)C2)CC1. The summed E-state index contributed by atoms with van der Waals surface area (Å²) >= 11 is 0. The molecular formula is C18H36N2O. The summed E-state index contributed by atoms with van der Waals surface area (Å²) in [6.07, 6.45) is 9.62. The van der Waals surface area contributed by atoms with Gasteiger partial charge in [-0.05, 0) is 50.9 Å². The Balaban J connectivity index is 1.94. The van der Waals surface area contributed by atoms with E-state index in [-0.39, 0.29) is 5.54 Å². The van der Waals surface area contributed by atoms with E-state index in [2.05, 4.69) is 25.7 Å². The van der Waals surface area contributed by atoms with Crippen LogP contribution in [0.5, 0.6) is 0 Å². The number of piperidine rings is 1. The summed E-state index contributed by atoms with van der Waals surface area (Å²) in [6.45, 7) is 10.8. The molecule has 0 amide bonds. The normalized spacial score (nSPS) is 32.7. The van der Waals surface area contributed by atoms with E-state index in [1.807, 2.05) is 0 Å². The van der Waals surface area contributed by atoms with Gasteiger partial charge in [-0.3, -0.25) is 4.90 Å². The summed E-state index contributed by atoms with van der Waals surface area (Å²) in [4.78, 5) is 2.72. The Kier molecular flexibility index (Phi) is 6.51. The lowest BCUT2D eigenvalue weighted by molar-refractivity contribution is -0.0369. The van der Waals surface area contributed by atoms with Crippen molar-refractivity contribution >= 4 is 0 Å². The zero-order chi connectivity index (χ0) is 15.3. The van der Waals surface area contributed by atoms with Crippen LogP contribution in [0, 0.1) is 11.8 Å². The third kappa shape index (κ3) is 4.43. The molecule has 0 radical (unpaired) electrons. The molecule has 2 fully saturated rings. The highest BCUT2D eigenvalue weighted by Crippen LogP contribution is 2.40. The summed E-state index contributed by atoms with van der Waals surface area (Å²) in [5, 5.41) is 0. The molecule has 0 aromatic heterocycles. The van der Waals surface area contributed by atoms with Gasteiger partial charge in [0.2, 0.25) is 0 Å². The Morgan fingerprint density at radius 3 is 2.52 bits per heavy atom. The van der Waals surface area contributed by atoms with Crippen molar-refractivity contribution in [3.63, 3.8) is 0 Å². The molecular weight excluding hydrogens is 260 g/mol. The molecule has 0 aromatic carbocycles. The lowest BCUT2D eigenvalue weighted by atomic mass is 9.71. The Morgan fingerprint density at radius 2 is 1.95 bits per heavy atom. The molecule has 1 aliphatic carbocycles. The molecule has 0 spiro atoms. The summed E-state index contributed by atoms with van der Waals surface area (Å²) in [5.74, 6) is 1.69. The number of likely N-dealkylation sites (tertiary alicyclic amines) is 1. The van der Waals surface area contributed by atoms with Gasteiger partial charge in [-0.25, -0.2) is 0 Å². The average Bonchev–Trinajstić information content (AvgIpc) is 2.48. The first kappa shape index (κ1) is 17.2. The number of rotatable bonds is 6. The van der Waals surface area contributed by atoms with Crippen molar-refractivity contribution in [2.75, 3.05) is 26.2 Å². The van der Waals surface area contributed by atoms with Crippen molar-refractivity contribution < 1.29 is 4.74 Å². The molecule has 2 N–H and O–H groups in total. The first-order valence-electron chi connectivity index (χ1n) is 9.16. The van der Waals surface area contributed by atoms with Gasteiger partial charge in [0.15, 0.2) is 0 Å². The van der Waals surface area contributed by atoms with Crippen LogP contribution < -0.4 is 5.73 Å². The van der Waals surface area contributed by atoms with Crippen LogP contribution in [0.25, 0.3) is 0 Å². The van der Waals surface area contributed by atoms with Gasteiger partial charge in [0.25, 0.3) is 0 Å². The molecule has 1 aliphatic heterocycles. The molecule has 3 heteroatoms. The van der Waals surface area contributed by atoms with E-state index in [4.69, 9.17) is 10.5 Å². The van der Waals surface area contributed by atoms with Gasteiger partial charge in [0.1, 0.15) is 0 Å². The zero-order valence-electron chi connectivity index (χ0n) is 14.4. The lowest BCUT2D eigenvalue weighted by Crippen LogP contribution is -2.59. The minimum absolute atomic E-state index is 0.287. The van der Waals surface area contributed by atoms with Crippen LogP contribution in [0.4, 0.5) is 0 Å². The number of hydrogen-bond donors (Lipinski definition) is 1. The molecule has 124 valence electrons. The van der Waals surface area contributed by atoms with E-state index < -0.39 is 0 Å². The van der Waals surface area contributed by atoms with Crippen LogP contribution in [-0.4, -0.2) is 42.8 Å². The van der Waals surface area contributed by atoms with Crippen LogP contribution in [-0.2, 0) is 4.74 Å². The van der Waals surface area contributed by atoms with Gasteiger partial charge >= 0.3 is 0 Å². The molecule has 1 saturated heterocycles. The molecule has 21 heavy (non-hydrogen) atoms. The van der Waals surface area contributed by atoms with Crippen molar-refractivity contribution in [3.8, 4) is 0 Å². The van der Waals surface area contributed by atoms with Crippen molar-refractivity contribution in [1.29, 1.82) is 0 Å². The van der Waals surface area contributed by atoms with Crippen LogP contribution >= 0.6 is 0 Å². The van der Waals surface area contributed by atoms with E-state index in [1.165, 1.54) is 58.0 Å². The van der Waals surface area contributed by atoms with Crippen molar-refractivity contribution in [2.24, 2.45) is 17.6 Å². The molecule has 3 nitrogen and oxygen atoms in total. The van der Waals surface area contributed by atoms with E-state index in [0.29, 0.717) is 6.10 Å². The Morgan fingerprint density at radius 1 is 1.24 bits per heavy atom. The van der Waals surface area contributed by atoms with E-state index in [1.54, 1.807) is 0 Å². The number of nitrogens with two attached hydrogens (primary N) is 1. The van der Waals surface area contributed by atoms with Gasteiger partial charge < -0.3 is 10.5 Å². The second-order valence-electron chi connectivity index (χ2n) is 7.66. The first-order valence-corrected chi connectivity index (χ1v) is 9.16. The Bertz CT molecular complexity index is 300. The minimum atomic E-state index is 0.287. The fourth-order valence-electron chi connectivity index (χ4n) is 4.66. The Hall–Kier alpha value is -0.120. The molecule has 1 heterocycles. The molecule has 2 unspecified atom stereocenters. The monoisotopic (exact) mass is 296 g/mol. The van der Waals surface area contributed by atoms with Crippen LogP contribution in [0.1, 0.15) is 65.7 Å². The number of nitrogens with zero attached hydrogens (tertiary/aromatic N) is 1. The standard InChI is InChI=1S/C18H36N2O/c1-4-21-17-7-10-20(11-8-17)18(14-19)9-5-6-16(13-18)12-15(2)3/h15-17H,4-14,19H2,1-3H3. The summed E-state index contributed by atoms with van der Waals surface area (Å²) in [5.41, 5.74) is 6.57. The maximum absolute atomic E-state index is 6.28. The average molecular weight is 296 g/mol. The number of hydrogen-bond acceptors (Lipinski definition) is 3. The largest absolute Gasteiger partial charge is 0.378 e. The predicted molar refractivity (Wildman–Crippen MR) is 89.4 cm³/mol. The fourth-order valence-corrected chi connectivity index (χ4v) is 4.66. The van der Waals surface area contributed by atoms with Crippen molar-refractivity contribution in [1.82, 2.24) is 4.90 Å². The van der Waals surface area contributed by atoms with Crippen LogP contribution in [0.3, 0.4) is 0 Å². The van der Waals surface area contributed by atoms with E-state index in [0.717, 1.165) is 25.0 Å². The summed E-state index contributed by atoms with van der Waals surface area (Å²) < 4.78 is 5.80. The summed E-state index contributed by atoms with van der Waals surface area (Å²) in [6, 6.07) is 0. The molecule has 0 aromatic rings. The van der Waals surface area contributed by atoms with Crippen LogP contribution in [0.2, 0.25) is 0 Å². The first-order chi connectivity index (χ1) is 10.1. The van der Waals surface area contributed by atoms with Gasteiger partial charge in [-0.1, -0.05) is 26.7 Å². The molecule has 2 rings (SSSR count). The van der Waals surface area contributed by atoms with E-state index in [9.17, 15) is 0 Å². The smallest absolute Gasteiger partial charge is 0.0599 e. The highest BCUT2D eigenvalue weighted by molar-refractivity contribution is 4.98. The summed E-state index contributed by atoms with van der Waals surface area (Å²) in [7, 11) is 0. The minimum Gasteiger partial charge on any atom is -0.378 e. The maximum atomic E-state index is 6.28.